The van der Waals surface area contributed by atoms with E-state index in [1.54, 1.807) is 0 Å². The number of aromatic nitrogens is 2. The zero-order chi connectivity index (χ0) is 28.8. The molecule has 2 aromatic heterocycles. The molecular formula is C31H44N6O3. The highest BCUT2D eigenvalue weighted by atomic mass is 16.5. The number of carbonyl (C=O) groups is 1. The van der Waals surface area contributed by atoms with Crippen molar-refractivity contribution in [2.45, 2.75) is 66.3 Å². The Morgan fingerprint density at radius 1 is 1.15 bits per heavy atom. The van der Waals surface area contributed by atoms with E-state index in [-0.39, 0.29) is 23.4 Å². The van der Waals surface area contributed by atoms with Crippen molar-refractivity contribution in [2.75, 3.05) is 49.3 Å². The first-order valence-electron chi connectivity index (χ1n) is 14.6. The van der Waals surface area contributed by atoms with Gasteiger partial charge in [0.2, 0.25) is 5.91 Å². The minimum Gasteiger partial charge on any atom is -0.381 e. The molecule has 2 aromatic rings. The highest BCUT2D eigenvalue weighted by Gasteiger charge is 2.35. The lowest BCUT2D eigenvalue weighted by Crippen LogP contribution is -2.42. The molecule has 9 heteroatoms. The Balaban J connectivity index is 0.00000181. The smallest absolute Gasteiger partial charge is 0.253 e. The Hall–Kier alpha value is -3.46. The lowest BCUT2D eigenvalue weighted by atomic mass is 9.83. The van der Waals surface area contributed by atoms with Gasteiger partial charge in [0.05, 0.1) is 17.6 Å². The monoisotopic (exact) mass is 548 g/mol. The van der Waals surface area contributed by atoms with Crippen LogP contribution in [0.3, 0.4) is 0 Å². The minimum atomic E-state index is -0.281. The van der Waals surface area contributed by atoms with Crippen molar-refractivity contribution >= 4 is 30.2 Å². The number of H-pyrrole nitrogens is 1. The molecule has 3 aliphatic rings. The third-order valence-electron chi connectivity index (χ3n) is 8.19. The van der Waals surface area contributed by atoms with E-state index in [1.165, 1.54) is 0 Å². The first-order chi connectivity index (χ1) is 19.4. The molecule has 2 saturated heterocycles. The number of aromatic amines is 1. The maximum atomic E-state index is 14.0. The number of carbonyl (C=O) groups excluding carboxylic acids is 1. The Kier molecular flexibility index (Phi) is 9.79. The van der Waals surface area contributed by atoms with E-state index < -0.39 is 0 Å². The third-order valence-corrected chi connectivity index (χ3v) is 8.19. The van der Waals surface area contributed by atoms with Crippen LogP contribution >= 0.6 is 0 Å². The average molecular weight is 549 g/mol. The van der Waals surface area contributed by atoms with Crippen LogP contribution in [0.4, 0.5) is 11.5 Å². The second-order valence-corrected chi connectivity index (χ2v) is 10.6. The number of aryl methyl sites for hydroxylation is 1. The maximum absolute atomic E-state index is 14.0. The van der Waals surface area contributed by atoms with Crippen LogP contribution in [0.1, 0.15) is 62.4 Å². The van der Waals surface area contributed by atoms with Gasteiger partial charge in [-0.3, -0.25) is 14.6 Å². The molecule has 40 heavy (non-hydrogen) atoms. The molecule has 1 N–H and O–H groups in total. The van der Waals surface area contributed by atoms with Gasteiger partial charge in [-0.2, -0.15) is 5.10 Å². The maximum Gasteiger partial charge on any atom is 0.253 e. The number of anilines is 2. The molecule has 216 valence electrons. The van der Waals surface area contributed by atoms with Gasteiger partial charge in [-0.15, -0.1) is 0 Å². The number of pyridine rings is 2. The molecule has 4 heterocycles. The summed E-state index contributed by atoms with van der Waals surface area (Å²) in [4.78, 5) is 38.8. The molecule has 0 aromatic carbocycles. The second kappa shape index (κ2) is 13.3. The molecule has 9 nitrogen and oxygen atoms in total. The molecule has 0 radical (unpaired) electrons. The summed E-state index contributed by atoms with van der Waals surface area (Å²) in [6.07, 6.45) is 6.85. The molecule has 0 bridgehead atoms. The number of amides is 1. The molecule has 0 spiro atoms. The van der Waals surface area contributed by atoms with Gasteiger partial charge in [0, 0.05) is 69.1 Å². The predicted molar refractivity (Wildman–Crippen MR) is 162 cm³/mol. The van der Waals surface area contributed by atoms with Crippen LogP contribution in [0, 0.1) is 19.8 Å². The zero-order valence-corrected chi connectivity index (χ0v) is 24.7. The Morgan fingerprint density at radius 3 is 2.60 bits per heavy atom. The minimum absolute atomic E-state index is 0.110. The van der Waals surface area contributed by atoms with Gasteiger partial charge >= 0.3 is 0 Å². The van der Waals surface area contributed by atoms with Crippen LogP contribution in [-0.2, 0) is 16.0 Å². The van der Waals surface area contributed by atoms with E-state index in [9.17, 15) is 9.59 Å². The van der Waals surface area contributed by atoms with Gasteiger partial charge in [-0.05, 0) is 64.2 Å². The lowest BCUT2D eigenvalue weighted by molar-refractivity contribution is -0.134. The van der Waals surface area contributed by atoms with E-state index in [4.69, 9.17) is 4.74 Å². The van der Waals surface area contributed by atoms with Gasteiger partial charge in [0.15, 0.2) is 0 Å². The molecule has 2 aliphatic heterocycles. The van der Waals surface area contributed by atoms with Gasteiger partial charge in [-0.1, -0.05) is 25.5 Å². The summed E-state index contributed by atoms with van der Waals surface area (Å²) in [6.45, 7) is 18.1. The molecule has 0 saturated carbocycles. The average Bonchev–Trinajstić information content (AvgIpc) is 3.23. The van der Waals surface area contributed by atoms with Crippen molar-refractivity contribution in [2.24, 2.45) is 11.0 Å². The number of rotatable bonds is 5. The van der Waals surface area contributed by atoms with Gasteiger partial charge in [0.25, 0.3) is 5.56 Å². The highest BCUT2D eigenvalue weighted by Crippen LogP contribution is 2.37. The quantitative estimate of drug-likeness (QED) is 0.442. The fourth-order valence-corrected chi connectivity index (χ4v) is 6.05. The van der Waals surface area contributed by atoms with Crippen molar-refractivity contribution in [3.63, 3.8) is 0 Å². The van der Waals surface area contributed by atoms with E-state index in [1.807, 2.05) is 55.9 Å². The van der Waals surface area contributed by atoms with Crippen molar-refractivity contribution in [1.82, 2.24) is 14.9 Å². The second-order valence-electron chi connectivity index (χ2n) is 10.6. The van der Waals surface area contributed by atoms with E-state index in [0.29, 0.717) is 31.7 Å². The van der Waals surface area contributed by atoms with Crippen LogP contribution in [-0.4, -0.2) is 72.9 Å². The lowest BCUT2D eigenvalue weighted by Gasteiger charge is -2.36. The molecule has 1 aliphatic carbocycles. The normalized spacial score (nSPS) is 19.5. The number of hydrogen-bond acceptors (Lipinski definition) is 7. The summed E-state index contributed by atoms with van der Waals surface area (Å²) in [5, 5.41) is 6.28. The first-order valence-corrected chi connectivity index (χ1v) is 14.6. The van der Waals surface area contributed by atoms with Crippen LogP contribution < -0.4 is 15.5 Å². The van der Waals surface area contributed by atoms with Crippen LogP contribution in [0.25, 0.3) is 6.08 Å². The molecule has 1 atom stereocenters. The van der Waals surface area contributed by atoms with Crippen molar-refractivity contribution < 1.29 is 9.53 Å². The zero-order valence-electron chi connectivity index (χ0n) is 24.7. The Morgan fingerprint density at radius 2 is 1.90 bits per heavy atom. The van der Waals surface area contributed by atoms with Gasteiger partial charge in [0.1, 0.15) is 5.82 Å². The summed E-state index contributed by atoms with van der Waals surface area (Å²) in [7, 11) is 0. The number of nitrogens with one attached hydrogen (secondary N) is 1. The summed E-state index contributed by atoms with van der Waals surface area (Å²) in [5.41, 5.74) is 5.12. The van der Waals surface area contributed by atoms with E-state index in [0.717, 1.165) is 72.8 Å². The topological polar surface area (TPSA) is 94.1 Å². The first kappa shape index (κ1) is 29.5. The van der Waals surface area contributed by atoms with E-state index >= 15 is 0 Å². The fraction of sp³-hybridized carbons (Fsp3) is 0.548. The van der Waals surface area contributed by atoms with Crippen molar-refractivity contribution in [3.8, 4) is 0 Å². The highest BCUT2D eigenvalue weighted by molar-refractivity contribution is 5.86. The van der Waals surface area contributed by atoms with Crippen LogP contribution in [0.5, 0.6) is 0 Å². The third kappa shape index (κ3) is 5.99. The number of hydrogen-bond donors (Lipinski definition) is 1. The molecular weight excluding hydrogens is 504 g/mol. The van der Waals surface area contributed by atoms with Gasteiger partial charge < -0.3 is 19.5 Å². The molecule has 1 unspecified atom stereocenters. The number of ether oxygens (including phenoxy) is 1. The molecule has 1 amide bonds. The number of fused-ring (bicyclic) bond motifs is 1. The van der Waals surface area contributed by atoms with Crippen molar-refractivity contribution in [1.29, 1.82) is 0 Å². The fourth-order valence-electron chi connectivity index (χ4n) is 6.05. The number of nitrogens with zero attached hydrogens (tertiary/aromatic N) is 5. The van der Waals surface area contributed by atoms with Gasteiger partial charge in [-0.25, -0.2) is 4.98 Å². The summed E-state index contributed by atoms with van der Waals surface area (Å²) in [6, 6.07) is 4.14. The summed E-state index contributed by atoms with van der Waals surface area (Å²) in [5.74, 6) is 0.859. The summed E-state index contributed by atoms with van der Waals surface area (Å²) < 4.78 is 5.56. The SMILES string of the molecule is C=NN(c1c2c([nH]c(=O)c1C)C=C(C)C(C(=O)N1CCCN(c3ncccc3C)CC1)C2)C1CCOCC1.CC. The van der Waals surface area contributed by atoms with E-state index in [2.05, 4.69) is 39.7 Å². The van der Waals surface area contributed by atoms with Crippen molar-refractivity contribution in [3.05, 3.63) is 56.6 Å². The Bertz CT molecular complexity index is 1300. The van der Waals surface area contributed by atoms with Crippen LogP contribution in [0.15, 0.2) is 33.8 Å². The summed E-state index contributed by atoms with van der Waals surface area (Å²) >= 11 is 0. The molecule has 2 fully saturated rings. The predicted octanol–water partition coefficient (Wildman–Crippen LogP) is 4.33. The largest absolute Gasteiger partial charge is 0.381 e. The number of hydrazone groups is 1. The molecule has 5 rings (SSSR count). The Labute approximate surface area is 237 Å². The standard InChI is InChI=1S/C29H38N6O3.C2H6/c1-19-7-5-10-31-27(19)33-11-6-12-34(14-13-33)29(37)23-18-24-25(17-20(23)2)32-28(36)21(3)26(24)35(30-4)22-8-15-38-16-9-22;1-2/h5,7,10,17,22-23H,4,6,8-9,11-16,18H2,1-3H3,(H,32,36);1-2H3. The van der Waals surface area contributed by atoms with Crippen LogP contribution in [0.2, 0.25) is 0 Å².